The van der Waals surface area contributed by atoms with Gasteiger partial charge >= 0.3 is 5.97 Å². The third-order valence-corrected chi connectivity index (χ3v) is 4.05. The molecule has 3 rings (SSSR count). The highest BCUT2D eigenvalue weighted by Crippen LogP contribution is 2.51. The van der Waals surface area contributed by atoms with E-state index in [1.54, 1.807) is 6.08 Å². The van der Waals surface area contributed by atoms with Gasteiger partial charge in [0, 0.05) is 13.0 Å². The van der Waals surface area contributed by atoms with E-state index < -0.39 is 30.1 Å². The Bertz CT molecular complexity index is 394. The number of allylic oxidation sites excluding steroid dienone is 1. The maximum absolute atomic E-state index is 11.9. The molecule has 2 fully saturated rings. The van der Waals surface area contributed by atoms with Gasteiger partial charge in [0.2, 0.25) is 0 Å². The Balaban J connectivity index is 1.95. The van der Waals surface area contributed by atoms with Crippen LogP contribution in [0.25, 0.3) is 0 Å². The van der Waals surface area contributed by atoms with Crippen LogP contribution in [-0.4, -0.2) is 50.1 Å². The lowest BCUT2D eigenvalue weighted by Crippen LogP contribution is -2.52. The molecule has 6 nitrogen and oxygen atoms in total. The standard InChI is InChI=1S/C12H16O6/c1-15-9(13)7-6-3-4-12(14)5-17-11(8(6)12)18-10(7)16-2/h3-4,6-8,10-11,14H,5H2,1-2H3. The van der Waals surface area contributed by atoms with Gasteiger partial charge in [0.1, 0.15) is 11.5 Å². The first-order valence-corrected chi connectivity index (χ1v) is 5.90. The molecule has 2 aliphatic heterocycles. The third kappa shape index (κ3) is 1.46. The maximum Gasteiger partial charge on any atom is 0.314 e. The minimum absolute atomic E-state index is 0.180. The van der Waals surface area contributed by atoms with E-state index in [2.05, 4.69) is 0 Å². The van der Waals surface area contributed by atoms with Gasteiger partial charge in [0.15, 0.2) is 12.6 Å². The molecule has 100 valence electrons. The SMILES string of the molecule is COC(=O)C1C(OC)OC2OCC3(O)C=CC1C23. The summed E-state index contributed by atoms with van der Waals surface area (Å²) in [5.74, 6) is -1.43. The van der Waals surface area contributed by atoms with E-state index >= 15 is 0 Å². The summed E-state index contributed by atoms with van der Waals surface area (Å²) in [6.45, 7) is 0.180. The summed E-state index contributed by atoms with van der Waals surface area (Å²) in [6.07, 6.45) is 2.28. The van der Waals surface area contributed by atoms with Gasteiger partial charge in [0.05, 0.1) is 19.6 Å². The van der Waals surface area contributed by atoms with Gasteiger partial charge in [-0.15, -0.1) is 0 Å². The van der Waals surface area contributed by atoms with Crippen LogP contribution in [0.15, 0.2) is 12.2 Å². The predicted octanol–water partition coefficient (Wildman–Crippen LogP) is -0.332. The Kier molecular flexibility index (Phi) is 2.71. The second-order valence-corrected chi connectivity index (χ2v) is 4.92. The van der Waals surface area contributed by atoms with Crippen molar-refractivity contribution in [3.8, 4) is 0 Å². The summed E-state index contributed by atoms with van der Waals surface area (Å²) in [7, 11) is 2.80. The van der Waals surface area contributed by atoms with Crippen LogP contribution >= 0.6 is 0 Å². The number of esters is 1. The Morgan fingerprint density at radius 1 is 1.50 bits per heavy atom. The molecule has 6 heteroatoms. The Hall–Kier alpha value is -0.950. The van der Waals surface area contributed by atoms with Crippen molar-refractivity contribution in [3.63, 3.8) is 0 Å². The van der Waals surface area contributed by atoms with E-state index in [0.717, 1.165) is 0 Å². The fourth-order valence-electron chi connectivity index (χ4n) is 3.19. The van der Waals surface area contributed by atoms with Crippen molar-refractivity contribution in [3.05, 3.63) is 12.2 Å². The molecule has 1 N–H and O–H groups in total. The Morgan fingerprint density at radius 2 is 2.28 bits per heavy atom. The van der Waals surface area contributed by atoms with Crippen molar-refractivity contribution >= 4 is 5.97 Å². The quantitative estimate of drug-likeness (QED) is 0.538. The van der Waals surface area contributed by atoms with E-state index in [4.69, 9.17) is 18.9 Å². The topological polar surface area (TPSA) is 74.2 Å². The van der Waals surface area contributed by atoms with Crippen molar-refractivity contribution in [2.45, 2.75) is 18.2 Å². The molecule has 3 aliphatic rings. The van der Waals surface area contributed by atoms with Crippen LogP contribution in [0.4, 0.5) is 0 Å². The van der Waals surface area contributed by atoms with Gasteiger partial charge in [0.25, 0.3) is 0 Å². The molecule has 0 saturated carbocycles. The summed E-state index contributed by atoms with van der Waals surface area (Å²) >= 11 is 0. The smallest absolute Gasteiger partial charge is 0.314 e. The largest absolute Gasteiger partial charge is 0.469 e. The zero-order valence-corrected chi connectivity index (χ0v) is 10.2. The molecule has 0 aromatic carbocycles. The number of carbonyl (C=O) groups is 1. The summed E-state index contributed by atoms with van der Waals surface area (Å²) in [5, 5.41) is 10.4. The molecule has 18 heavy (non-hydrogen) atoms. The van der Waals surface area contributed by atoms with Crippen molar-refractivity contribution in [1.82, 2.24) is 0 Å². The number of aliphatic hydroxyl groups is 1. The highest BCUT2D eigenvalue weighted by Gasteiger charge is 2.62. The molecule has 6 unspecified atom stereocenters. The second-order valence-electron chi connectivity index (χ2n) is 4.92. The average Bonchev–Trinajstić information content (AvgIpc) is 2.89. The van der Waals surface area contributed by atoms with Crippen LogP contribution in [0, 0.1) is 17.8 Å². The minimum atomic E-state index is -1.04. The fourth-order valence-corrected chi connectivity index (χ4v) is 3.19. The lowest BCUT2D eigenvalue weighted by Gasteiger charge is -2.40. The molecule has 0 bridgehead atoms. The molecular formula is C12H16O6. The van der Waals surface area contributed by atoms with Gasteiger partial charge in [-0.25, -0.2) is 0 Å². The maximum atomic E-state index is 11.9. The van der Waals surface area contributed by atoms with Crippen LogP contribution in [-0.2, 0) is 23.7 Å². The number of rotatable bonds is 2. The van der Waals surface area contributed by atoms with Gasteiger partial charge in [-0.3, -0.25) is 4.79 Å². The zero-order valence-electron chi connectivity index (χ0n) is 10.2. The average molecular weight is 256 g/mol. The summed E-state index contributed by atoms with van der Waals surface area (Å²) < 4.78 is 21.0. The second kappa shape index (κ2) is 4.03. The van der Waals surface area contributed by atoms with Gasteiger partial charge in [-0.05, 0) is 0 Å². The van der Waals surface area contributed by atoms with Gasteiger partial charge in [-0.2, -0.15) is 0 Å². The molecule has 0 amide bonds. The molecule has 0 radical (unpaired) electrons. The van der Waals surface area contributed by atoms with Crippen LogP contribution in [0.3, 0.4) is 0 Å². The first-order valence-electron chi connectivity index (χ1n) is 5.90. The first kappa shape index (κ1) is 12.1. The van der Waals surface area contributed by atoms with Crippen molar-refractivity contribution in [2.24, 2.45) is 17.8 Å². The number of carbonyl (C=O) groups excluding carboxylic acids is 1. The molecule has 1 aliphatic carbocycles. The van der Waals surface area contributed by atoms with E-state index in [9.17, 15) is 9.90 Å². The summed E-state index contributed by atoms with van der Waals surface area (Å²) in [6, 6.07) is 0. The Morgan fingerprint density at radius 3 is 2.94 bits per heavy atom. The minimum Gasteiger partial charge on any atom is -0.469 e. The van der Waals surface area contributed by atoms with E-state index in [0.29, 0.717) is 0 Å². The summed E-state index contributed by atoms with van der Waals surface area (Å²) in [4.78, 5) is 11.9. The highest BCUT2D eigenvalue weighted by molar-refractivity contribution is 5.74. The summed E-state index contributed by atoms with van der Waals surface area (Å²) in [5.41, 5.74) is -1.04. The number of methoxy groups -OCH3 is 2. The monoisotopic (exact) mass is 256 g/mol. The van der Waals surface area contributed by atoms with Gasteiger partial charge < -0.3 is 24.1 Å². The molecule has 0 spiro atoms. The molecule has 2 saturated heterocycles. The first-order chi connectivity index (χ1) is 8.60. The lowest BCUT2D eigenvalue weighted by molar-refractivity contribution is -0.288. The van der Waals surface area contributed by atoms with E-state index in [1.807, 2.05) is 6.08 Å². The molecule has 0 aromatic rings. The van der Waals surface area contributed by atoms with Crippen molar-refractivity contribution in [2.75, 3.05) is 20.8 Å². The molecule has 2 heterocycles. The van der Waals surface area contributed by atoms with Crippen LogP contribution in [0.5, 0.6) is 0 Å². The van der Waals surface area contributed by atoms with Crippen LogP contribution < -0.4 is 0 Å². The Labute approximate surface area is 104 Å². The fraction of sp³-hybridized carbons (Fsp3) is 0.750. The molecule has 0 aromatic heterocycles. The van der Waals surface area contributed by atoms with Gasteiger partial charge in [-0.1, -0.05) is 12.2 Å². The third-order valence-electron chi connectivity index (χ3n) is 4.05. The molecular weight excluding hydrogens is 240 g/mol. The van der Waals surface area contributed by atoms with E-state index in [-0.39, 0.29) is 18.4 Å². The van der Waals surface area contributed by atoms with Crippen molar-refractivity contribution in [1.29, 1.82) is 0 Å². The zero-order chi connectivity index (χ0) is 12.9. The van der Waals surface area contributed by atoms with Crippen molar-refractivity contribution < 1.29 is 28.8 Å². The number of hydrogen-bond donors (Lipinski definition) is 1. The highest BCUT2D eigenvalue weighted by atomic mass is 16.8. The predicted molar refractivity (Wildman–Crippen MR) is 58.2 cm³/mol. The van der Waals surface area contributed by atoms with Crippen LogP contribution in [0.2, 0.25) is 0 Å². The normalized spacial score (nSPS) is 49.2. The lowest BCUT2D eigenvalue weighted by atomic mass is 9.77. The van der Waals surface area contributed by atoms with E-state index in [1.165, 1.54) is 14.2 Å². The number of ether oxygens (including phenoxy) is 4. The number of hydrogen-bond acceptors (Lipinski definition) is 6. The molecule has 6 atom stereocenters. The van der Waals surface area contributed by atoms with Crippen LogP contribution in [0.1, 0.15) is 0 Å².